The van der Waals surface area contributed by atoms with E-state index in [1.807, 2.05) is 42.5 Å². The molecule has 0 aromatic heterocycles. The molecular weight excluding hydrogens is 336 g/mol. The highest BCUT2D eigenvalue weighted by Gasteiger charge is 2.38. The Morgan fingerprint density at radius 3 is 2.44 bits per heavy atom. The van der Waals surface area contributed by atoms with Gasteiger partial charge in [-0.3, -0.25) is 9.59 Å². The summed E-state index contributed by atoms with van der Waals surface area (Å²) >= 11 is 5.98. The van der Waals surface area contributed by atoms with Crippen LogP contribution in [0, 0.1) is 5.92 Å². The zero-order chi connectivity index (χ0) is 17.8. The number of halogens is 1. The average molecular weight is 355 g/mol. The van der Waals surface area contributed by atoms with Crippen LogP contribution in [0.2, 0.25) is 5.02 Å². The molecule has 0 bridgehead atoms. The Morgan fingerprint density at radius 2 is 1.80 bits per heavy atom. The number of esters is 1. The fraction of sp³-hybridized carbons (Fsp3) is 0.238. The van der Waals surface area contributed by atoms with Crippen LogP contribution >= 0.6 is 11.6 Å². The summed E-state index contributed by atoms with van der Waals surface area (Å²) in [6.07, 6.45) is 1.87. The van der Waals surface area contributed by atoms with Crippen LogP contribution in [-0.2, 0) is 14.3 Å². The quantitative estimate of drug-likeness (QED) is 0.750. The Labute approximate surface area is 152 Å². The largest absolute Gasteiger partial charge is 0.466 e. The summed E-state index contributed by atoms with van der Waals surface area (Å²) in [6.45, 7) is 2.09. The third-order valence-corrected chi connectivity index (χ3v) is 4.67. The van der Waals surface area contributed by atoms with E-state index < -0.39 is 5.92 Å². The highest BCUT2D eigenvalue weighted by atomic mass is 35.5. The number of carbonyl (C=O) groups excluding carboxylic acids is 2. The van der Waals surface area contributed by atoms with Crippen molar-refractivity contribution in [3.05, 3.63) is 76.8 Å². The summed E-state index contributed by atoms with van der Waals surface area (Å²) < 4.78 is 5.33. The lowest BCUT2D eigenvalue weighted by Gasteiger charge is -2.31. The van der Waals surface area contributed by atoms with Gasteiger partial charge in [0.2, 0.25) is 0 Å². The first-order chi connectivity index (χ1) is 12.1. The summed E-state index contributed by atoms with van der Waals surface area (Å²) in [5, 5.41) is 0.623. The Morgan fingerprint density at radius 1 is 1.12 bits per heavy atom. The maximum absolute atomic E-state index is 12.7. The van der Waals surface area contributed by atoms with E-state index >= 15 is 0 Å². The first-order valence-electron chi connectivity index (χ1n) is 8.32. The number of ketones is 1. The first kappa shape index (κ1) is 17.4. The lowest BCUT2D eigenvalue weighted by atomic mass is 9.72. The molecule has 0 heterocycles. The van der Waals surface area contributed by atoms with Crippen molar-refractivity contribution >= 4 is 28.9 Å². The summed E-state index contributed by atoms with van der Waals surface area (Å²) in [6, 6.07) is 16.8. The molecule has 1 aliphatic carbocycles. The highest BCUT2D eigenvalue weighted by molar-refractivity contribution is 6.30. The molecule has 1 aliphatic rings. The van der Waals surface area contributed by atoms with Gasteiger partial charge in [-0.25, -0.2) is 0 Å². The molecule has 2 aromatic carbocycles. The number of ether oxygens (including phenoxy) is 1. The average Bonchev–Trinajstić information content (AvgIpc) is 2.62. The van der Waals surface area contributed by atoms with Gasteiger partial charge < -0.3 is 4.74 Å². The molecule has 128 valence electrons. The molecule has 0 amide bonds. The van der Waals surface area contributed by atoms with Crippen LogP contribution in [0.3, 0.4) is 0 Å². The molecule has 0 fully saturated rings. The second-order valence-electron chi connectivity index (χ2n) is 6.02. The SMILES string of the molecule is CCOC(=O)[C@@H]1C(c2ccccc2)=CC(=O)C[C@H]1c1ccc(Cl)cc1. The Bertz CT molecular complexity index is 794. The monoisotopic (exact) mass is 354 g/mol. The zero-order valence-electron chi connectivity index (χ0n) is 13.9. The number of rotatable bonds is 4. The van der Waals surface area contributed by atoms with E-state index in [1.54, 1.807) is 25.1 Å². The van der Waals surface area contributed by atoms with Crippen molar-refractivity contribution < 1.29 is 14.3 Å². The highest BCUT2D eigenvalue weighted by Crippen LogP contribution is 2.42. The molecule has 2 aromatic rings. The Hall–Kier alpha value is -2.39. The summed E-state index contributed by atoms with van der Waals surface area (Å²) in [5.74, 6) is -1.06. The second-order valence-corrected chi connectivity index (χ2v) is 6.46. The second kappa shape index (κ2) is 7.66. The van der Waals surface area contributed by atoms with Crippen molar-refractivity contribution in [2.45, 2.75) is 19.3 Å². The molecule has 3 nitrogen and oxygen atoms in total. The minimum absolute atomic E-state index is 0.0133. The van der Waals surface area contributed by atoms with Crippen LogP contribution in [0.1, 0.15) is 30.4 Å². The van der Waals surface area contributed by atoms with Crippen LogP contribution in [0.25, 0.3) is 5.57 Å². The van der Waals surface area contributed by atoms with E-state index in [1.165, 1.54) is 0 Å². The molecule has 0 N–H and O–H groups in total. The number of hydrogen-bond donors (Lipinski definition) is 0. The van der Waals surface area contributed by atoms with Crippen LogP contribution in [0.4, 0.5) is 0 Å². The maximum Gasteiger partial charge on any atom is 0.314 e. The first-order valence-corrected chi connectivity index (χ1v) is 8.70. The number of allylic oxidation sites excluding steroid dienone is 1. The minimum atomic E-state index is -0.513. The van der Waals surface area contributed by atoms with Crippen molar-refractivity contribution in [2.75, 3.05) is 6.61 Å². The third kappa shape index (κ3) is 3.83. The van der Waals surface area contributed by atoms with Gasteiger partial charge in [0.1, 0.15) is 0 Å². The van der Waals surface area contributed by atoms with Gasteiger partial charge >= 0.3 is 5.97 Å². The number of carbonyl (C=O) groups is 2. The summed E-state index contributed by atoms with van der Waals surface area (Å²) in [5.41, 5.74) is 2.50. The lowest BCUT2D eigenvalue weighted by molar-refractivity contribution is -0.146. The van der Waals surface area contributed by atoms with Gasteiger partial charge in [0.05, 0.1) is 12.5 Å². The van der Waals surface area contributed by atoms with Gasteiger partial charge in [0.15, 0.2) is 5.78 Å². The van der Waals surface area contributed by atoms with Crippen molar-refractivity contribution in [3.63, 3.8) is 0 Å². The molecule has 0 radical (unpaired) electrons. The van der Waals surface area contributed by atoms with Crippen LogP contribution in [0.5, 0.6) is 0 Å². The van der Waals surface area contributed by atoms with Crippen LogP contribution < -0.4 is 0 Å². The molecule has 0 aliphatic heterocycles. The van der Waals surface area contributed by atoms with E-state index in [0.29, 0.717) is 11.6 Å². The molecular formula is C21H19ClO3. The van der Waals surface area contributed by atoms with Crippen LogP contribution in [0.15, 0.2) is 60.7 Å². The molecule has 0 unspecified atom stereocenters. The van der Waals surface area contributed by atoms with Gasteiger partial charge in [-0.15, -0.1) is 0 Å². The minimum Gasteiger partial charge on any atom is -0.466 e. The Kier molecular flexibility index (Phi) is 5.34. The van der Waals surface area contributed by atoms with Gasteiger partial charge in [0, 0.05) is 17.4 Å². The predicted molar refractivity (Wildman–Crippen MR) is 98.4 cm³/mol. The fourth-order valence-electron chi connectivity index (χ4n) is 3.31. The smallest absolute Gasteiger partial charge is 0.314 e. The summed E-state index contributed by atoms with van der Waals surface area (Å²) in [4.78, 5) is 25.1. The van der Waals surface area contributed by atoms with E-state index in [9.17, 15) is 9.59 Å². The molecule has 2 atom stereocenters. The van der Waals surface area contributed by atoms with Gasteiger partial charge in [-0.1, -0.05) is 54.1 Å². The van der Waals surface area contributed by atoms with Crippen LogP contribution in [-0.4, -0.2) is 18.4 Å². The lowest BCUT2D eigenvalue weighted by Crippen LogP contribution is -2.30. The number of benzene rings is 2. The molecule has 0 spiro atoms. The normalized spacial score (nSPS) is 20.1. The Balaban J connectivity index is 2.08. The molecule has 3 rings (SSSR count). The van der Waals surface area contributed by atoms with E-state index in [2.05, 4.69) is 0 Å². The maximum atomic E-state index is 12.7. The molecule has 4 heteroatoms. The molecule has 0 saturated heterocycles. The van der Waals surface area contributed by atoms with E-state index in [0.717, 1.165) is 16.7 Å². The molecule has 25 heavy (non-hydrogen) atoms. The summed E-state index contributed by atoms with van der Waals surface area (Å²) in [7, 11) is 0. The van der Waals surface area contributed by atoms with Gasteiger partial charge in [-0.05, 0) is 41.8 Å². The van der Waals surface area contributed by atoms with E-state index in [-0.39, 0.29) is 24.1 Å². The molecule has 0 saturated carbocycles. The standard InChI is InChI=1S/C21H19ClO3/c1-2-25-21(24)20-18(14-6-4-3-5-7-14)12-17(23)13-19(20)15-8-10-16(22)11-9-15/h3-12,19-20H,2,13H2,1H3/t19-,20+/m0/s1. The number of hydrogen-bond acceptors (Lipinski definition) is 3. The zero-order valence-corrected chi connectivity index (χ0v) is 14.7. The third-order valence-electron chi connectivity index (χ3n) is 4.42. The van der Waals surface area contributed by atoms with Crippen molar-refractivity contribution in [2.24, 2.45) is 5.92 Å². The fourth-order valence-corrected chi connectivity index (χ4v) is 3.44. The van der Waals surface area contributed by atoms with E-state index in [4.69, 9.17) is 16.3 Å². The topological polar surface area (TPSA) is 43.4 Å². The van der Waals surface area contributed by atoms with Gasteiger partial charge in [-0.2, -0.15) is 0 Å². The van der Waals surface area contributed by atoms with Crippen molar-refractivity contribution in [1.82, 2.24) is 0 Å². The predicted octanol–water partition coefficient (Wildman–Crippen LogP) is 4.66. The van der Waals surface area contributed by atoms with Gasteiger partial charge in [0.25, 0.3) is 0 Å². The van der Waals surface area contributed by atoms with Crippen molar-refractivity contribution in [3.8, 4) is 0 Å². The van der Waals surface area contributed by atoms with Crippen molar-refractivity contribution in [1.29, 1.82) is 0 Å².